The molecule has 3 aromatic rings. The van der Waals surface area contributed by atoms with Crippen LogP contribution in [0.2, 0.25) is 5.02 Å². The van der Waals surface area contributed by atoms with Crippen LogP contribution >= 0.6 is 34.7 Å². The maximum atomic E-state index is 13.2. The van der Waals surface area contributed by atoms with E-state index in [1.54, 1.807) is 20.0 Å². The van der Waals surface area contributed by atoms with Crippen LogP contribution in [0, 0.1) is 5.82 Å². The third kappa shape index (κ3) is 3.70. The summed E-state index contributed by atoms with van der Waals surface area (Å²) in [5.74, 6) is -0.848. The van der Waals surface area contributed by atoms with E-state index in [1.165, 1.54) is 45.9 Å². The second-order valence-electron chi connectivity index (χ2n) is 5.28. The van der Waals surface area contributed by atoms with Crippen molar-refractivity contribution in [3.8, 4) is 0 Å². The second-order valence-corrected chi connectivity index (χ2v) is 7.89. The lowest BCUT2D eigenvalue weighted by atomic mass is 10.3. The summed E-state index contributed by atoms with van der Waals surface area (Å²) in [4.78, 5) is 29.7. The van der Waals surface area contributed by atoms with Crippen molar-refractivity contribution in [1.29, 1.82) is 0 Å². The van der Waals surface area contributed by atoms with Crippen molar-refractivity contribution < 1.29 is 9.18 Å². The summed E-state index contributed by atoms with van der Waals surface area (Å²) >= 11 is 8.26. The number of nitrogens with one attached hydrogen (secondary N) is 1. The van der Waals surface area contributed by atoms with Gasteiger partial charge in [-0.1, -0.05) is 23.4 Å². The SMILES string of the molecule is CC(Sc1nc2sccc2c(=O)n1C)C(=O)Nc1ccc(F)c(Cl)c1. The first kappa shape index (κ1) is 17.9. The Kier molecular flexibility index (Phi) is 5.12. The van der Waals surface area contributed by atoms with Gasteiger partial charge in [-0.25, -0.2) is 9.37 Å². The van der Waals surface area contributed by atoms with Crippen molar-refractivity contribution in [2.45, 2.75) is 17.3 Å². The van der Waals surface area contributed by atoms with Crippen molar-refractivity contribution in [2.75, 3.05) is 5.32 Å². The minimum absolute atomic E-state index is 0.0645. The average molecular weight is 398 g/mol. The number of rotatable bonds is 4. The molecule has 0 fully saturated rings. The standard InChI is InChI=1S/C16H13ClFN3O2S2/c1-8(13(22)19-9-3-4-12(18)11(17)7-9)25-16-20-14-10(5-6-24-14)15(23)21(16)2/h3-8H,1-2H3,(H,19,22). The zero-order chi connectivity index (χ0) is 18.1. The van der Waals surface area contributed by atoms with E-state index >= 15 is 0 Å². The molecule has 2 aromatic heterocycles. The molecule has 1 N–H and O–H groups in total. The molecule has 130 valence electrons. The number of hydrogen-bond donors (Lipinski definition) is 1. The Labute approximate surface area is 155 Å². The van der Waals surface area contributed by atoms with Crippen LogP contribution in [0.5, 0.6) is 0 Å². The summed E-state index contributed by atoms with van der Waals surface area (Å²) < 4.78 is 14.6. The Morgan fingerprint density at radius 3 is 2.92 bits per heavy atom. The number of thioether (sulfide) groups is 1. The van der Waals surface area contributed by atoms with Crippen molar-refractivity contribution >= 4 is 56.5 Å². The number of fused-ring (bicyclic) bond motifs is 1. The fourth-order valence-corrected chi connectivity index (χ4v) is 3.97. The summed E-state index contributed by atoms with van der Waals surface area (Å²) in [6, 6.07) is 5.70. The number of carbonyl (C=O) groups excluding carboxylic acids is 1. The molecule has 0 bridgehead atoms. The normalized spacial score (nSPS) is 12.3. The Morgan fingerprint density at radius 2 is 2.20 bits per heavy atom. The van der Waals surface area contributed by atoms with Gasteiger partial charge in [0.2, 0.25) is 5.91 Å². The van der Waals surface area contributed by atoms with Crippen LogP contribution in [0.15, 0.2) is 39.6 Å². The Hall–Kier alpha value is -1.90. The van der Waals surface area contributed by atoms with E-state index < -0.39 is 11.1 Å². The van der Waals surface area contributed by atoms with E-state index in [-0.39, 0.29) is 16.5 Å². The molecule has 0 aliphatic rings. The Balaban J connectivity index is 1.78. The molecule has 1 aromatic carbocycles. The van der Waals surface area contributed by atoms with Gasteiger partial charge in [-0.2, -0.15) is 0 Å². The fraction of sp³-hybridized carbons (Fsp3) is 0.188. The van der Waals surface area contributed by atoms with Crippen LogP contribution in [-0.4, -0.2) is 20.7 Å². The summed E-state index contributed by atoms with van der Waals surface area (Å²) in [6.45, 7) is 1.70. The lowest BCUT2D eigenvalue weighted by Gasteiger charge is -2.13. The van der Waals surface area contributed by atoms with E-state index in [9.17, 15) is 14.0 Å². The van der Waals surface area contributed by atoms with E-state index in [2.05, 4.69) is 10.3 Å². The fourth-order valence-electron chi connectivity index (χ4n) is 2.11. The molecule has 0 saturated carbocycles. The molecule has 25 heavy (non-hydrogen) atoms. The number of benzene rings is 1. The number of halogens is 2. The molecule has 1 atom stereocenters. The highest BCUT2D eigenvalue weighted by Gasteiger charge is 2.19. The van der Waals surface area contributed by atoms with Crippen LogP contribution in [0.3, 0.4) is 0 Å². The van der Waals surface area contributed by atoms with Crippen molar-refractivity contribution in [3.63, 3.8) is 0 Å². The van der Waals surface area contributed by atoms with Crippen molar-refractivity contribution in [1.82, 2.24) is 9.55 Å². The van der Waals surface area contributed by atoms with Crippen molar-refractivity contribution in [3.05, 3.63) is 50.8 Å². The van der Waals surface area contributed by atoms with Gasteiger partial charge in [0.1, 0.15) is 10.6 Å². The third-order valence-electron chi connectivity index (χ3n) is 3.50. The quantitative estimate of drug-likeness (QED) is 0.535. The first-order valence-corrected chi connectivity index (χ1v) is 9.37. The lowest BCUT2D eigenvalue weighted by molar-refractivity contribution is -0.115. The summed E-state index contributed by atoms with van der Waals surface area (Å²) in [5, 5.41) is 4.92. The maximum Gasteiger partial charge on any atom is 0.262 e. The number of anilines is 1. The molecule has 0 aliphatic carbocycles. The van der Waals surface area contributed by atoms with E-state index in [0.29, 0.717) is 21.1 Å². The van der Waals surface area contributed by atoms with Crippen LogP contribution in [0.4, 0.5) is 10.1 Å². The number of nitrogens with zero attached hydrogens (tertiary/aromatic N) is 2. The van der Waals surface area contributed by atoms with Gasteiger partial charge < -0.3 is 5.32 Å². The molecule has 9 heteroatoms. The average Bonchev–Trinajstić information content (AvgIpc) is 3.04. The van der Waals surface area contributed by atoms with Gasteiger partial charge in [-0.15, -0.1) is 11.3 Å². The zero-order valence-electron chi connectivity index (χ0n) is 13.2. The molecule has 3 rings (SSSR count). The summed E-state index contributed by atoms with van der Waals surface area (Å²) in [7, 11) is 1.62. The molecule has 0 aliphatic heterocycles. The Morgan fingerprint density at radius 1 is 1.44 bits per heavy atom. The molecule has 1 unspecified atom stereocenters. The number of hydrogen-bond acceptors (Lipinski definition) is 5. The predicted molar refractivity (Wildman–Crippen MR) is 100 cm³/mol. The highest BCUT2D eigenvalue weighted by molar-refractivity contribution is 8.00. The minimum atomic E-state index is -0.550. The first-order valence-electron chi connectivity index (χ1n) is 7.23. The minimum Gasteiger partial charge on any atom is -0.325 e. The van der Waals surface area contributed by atoms with Crippen LogP contribution in [0.1, 0.15) is 6.92 Å². The van der Waals surface area contributed by atoms with Gasteiger partial charge in [0, 0.05) is 12.7 Å². The highest BCUT2D eigenvalue weighted by atomic mass is 35.5. The van der Waals surface area contributed by atoms with Gasteiger partial charge in [0.25, 0.3) is 5.56 Å². The molecular weight excluding hydrogens is 385 g/mol. The maximum absolute atomic E-state index is 13.2. The van der Waals surface area contributed by atoms with Gasteiger partial charge >= 0.3 is 0 Å². The number of amides is 1. The van der Waals surface area contributed by atoms with Crippen LogP contribution in [0.25, 0.3) is 10.2 Å². The number of thiophene rings is 1. The molecule has 0 saturated heterocycles. The van der Waals surface area contributed by atoms with Crippen LogP contribution < -0.4 is 10.9 Å². The monoisotopic (exact) mass is 397 g/mol. The van der Waals surface area contributed by atoms with Crippen molar-refractivity contribution in [2.24, 2.45) is 7.05 Å². The molecule has 5 nitrogen and oxygen atoms in total. The number of carbonyl (C=O) groups is 1. The molecule has 0 radical (unpaired) electrons. The summed E-state index contributed by atoms with van der Waals surface area (Å²) in [6.07, 6.45) is 0. The molecular formula is C16H13ClFN3O2S2. The summed E-state index contributed by atoms with van der Waals surface area (Å²) in [5.41, 5.74) is 0.256. The number of aromatic nitrogens is 2. The van der Waals surface area contributed by atoms with Gasteiger partial charge in [0.15, 0.2) is 5.16 Å². The first-order chi connectivity index (χ1) is 11.9. The predicted octanol–water partition coefficient (Wildman–Crippen LogP) is 3.91. The second kappa shape index (κ2) is 7.15. The highest BCUT2D eigenvalue weighted by Crippen LogP contribution is 2.25. The van der Waals surface area contributed by atoms with E-state index in [0.717, 1.165) is 0 Å². The lowest BCUT2D eigenvalue weighted by Crippen LogP contribution is -2.25. The van der Waals surface area contributed by atoms with E-state index in [4.69, 9.17) is 11.6 Å². The molecule has 2 heterocycles. The van der Waals surface area contributed by atoms with Gasteiger partial charge in [0.05, 0.1) is 15.7 Å². The molecule has 1 amide bonds. The molecule has 0 spiro atoms. The van der Waals surface area contributed by atoms with Crippen LogP contribution in [-0.2, 0) is 11.8 Å². The smallest absolute Gasteiger partial charge is 0.262 e. The van der Waals surface area contributed by atoms with E-state index in [1.807, 2.05) is 5.38 Å². The topological polar surface area (TPSA) is 64.0 Å². The van der Waals surface area contributed by atoms with Gasteiger partial charge in [-0.05, 0) is 36.6 Å². The Bertz CT molecular complexity index is 1020. The largest absolute Gasteiger partial charge is 0.325 e. The zero-order valence-corrected chi connectivity index (χ0v) is 15.6. The third-order valence-corrected chi connectivity index (χ3v) is 5.74. The van der Waals surface area contributed by atoms with Gasteiger partial charge in [-0.3, -0.25) is 14.2 Å².